The molecule has 1 saturated heterocycles. The van der Waals surface area contributed by atoms with Crippen LogP contribution in [-0.2, 0) is 4.74 Å². The minimum atomic E-state index is 0.218. The van der Waals surface area contributed by atoms with Gasteiger partial charge >= 0.3 is 0 Å². The molecule has 0 radical (unpaired) electrons. The average molecular weight is 444 g/mol. The van der Waals surface area contributed by atoms with Crippen molar-refractivity contribution in [3.8, 4) is 11.5 Å². The van der Waals surface area contributed by atoms with Crippen LogP contribution in [0.1, 0.15) is 12.8 Å². The third kappa shape index (κ3) is 5.30. The highest BCUT2D eigenvalue weighted by Gasteiger charge is 2.15. The number of benzene rings is 2. The first-order valence-electron chi connectivity index (χ1n) is 10.9. The summed E-state index contributed by atoms with van der Waals surface area (Å²) < 4.78 is 16.7. The van der Waals surface area contributed by atoms with E-state index in [-0.39, 0.29) is 6.10 Å². The number of aromatic nitrogens is 3. The lowest BCUT2D eigenvalue weighted by Gasteiger charge is -2.23. The number of hydrogen-bond acceptors (Lipinski definition) is 8. The third-order valence-electron chi connectivity index (χ3n) is 5.40. The molecular formula is C25H25N5O3. The van der Waals surface area contributed by atoms with Gasteiger partial charge in [-0.2, -0.15) is 4.98 Å². The molecule has 0 saturated carbocycles. The van der Waals surface area contributed by atoms with Gasteiger partial charge in [-0.3, -0.25) is 4.98 Å². The van der Waals surface area contributed by atoms with Crippen molar-refractivity contribution in [3.63, 3.8) is 0 Å². The molecule has 1 aliphatic rings. The van der Waals surface area contributed by atoms with E-state index in [4.69, 9.17) is 14.2 Å². The van der Waals surface area contributed by atoms with Gasteiger partial charge < -0.3 is 24.8 Å². The van der Waals surface area contributed by atoms with E-state index in [2.05, 4.69) is 25.6 Å². The SMILES string of the molecule is COc1ccc2cc(Nc3ccnc(Nc4ccc(OC5CCOCC5)cc4)n3)cnc2c1. The molecule has 33 heavy (non-hydrogen) atoms. The second kappa shape index (κ2) is 9.70. The van der Waals surface area contributed by atoms with Gasteiger partial charge in [0.25, 0.3) is 0 Å². The molecule has 2 N–H and O–H groups in total. The Kier molecular flexibility index (Phi) is 6.16. The molecule has 5 rings (SSSR count). The zero-order valence-corrected chi connectivity index (χ0v) is 18.3. The summed E-state index contributed by atoms with van der Waals surface area (Å²) in [5.74, 6) is 2.80. The predicted molar refractivity (Wildman–Crippen MR) is 128 cm³/mol. The van der Waals surface area contributed by atoms with Crippen molar-refractivity contribution in [2.45, 2.75) is 18.9 Å². The maximum atomic E-state index is 6.03. The zero-order valence-electron chi connectivity index (χ0n) is 18.3. The Balaban J connectivity index is 1.24. The van der Waals surface area contributed by atoms with Gasteiger partial charge in [0.05, 0.1) is 37.7 Å². The first-order chi connectivity index (χ1) is 16.2. The van der Waals surface area contributed by atoms with Crippen LogP contribution in [0.5, 0.6) is 11.5 Å². The van der Waals surface area contributed by atoms with E-state index in [1.165, 1.54) is 0 Å². The Hall–Kier alpha value is -3.91. The molecule has 3 heterocycles. The van der Waals surface area contributed by atoms with E-state index in [9.17, 15) is 0 Å². The lowest BCUT2D eigenvalue weighted by molar-refractivity contribution is 0.0256. The van der Waals surface area contributed by atoms with Crippen LogP contribution >= 0.6 is 0 Å². The highest BCUT2D eigenvalue weighted by Crippen LogP contribution is 2.25. The summed E-state index contributed by atoms with van der Waals surface area (Å²) in [6.07, 6.45) is 5.55. The van der Waals surface area contributed by atoms with Gasteiger partial charge in [-0.15, -0.1) is 0 Å². The number of rotatable bonds is 7. The predicted octanol–water partition coefficient (Wildman–Crippen LogP) is 5.08. The summed E-state index contributed by atoms with van der Waals surface area (Å²) in [5, 5.41) is 7.54. The van der Waals surface area contributed by atoms with Gasteiger partial charge in [-0.05, 0) is 48.5 Å². The molecule has 0 bridgehead atoms. The number of anilines is 4. The van der Waals surface area contributed by atoms with Crippen molar-refractivity contribution < 1.29 is 14.2 Å². The van der Waals surface area contributed by atoms with Crippen LogP contribution in [0.25, 0.3) is 10.9 Å². The van der Waals surface area contributed by atoms with Gasteiger partial charge in [0.1, 0.15) is 23.4 Å². The molecule has 0 spiro atoms. The van der Waals surface area contributed by atoms with E-state index in [1.54, 1.807) is 19.5 Å². The van der Waals surface area contributed by atoms with Crippen LogP contribution in [0.15, 0.2) is 67.0 Å². The molecule has 8 heteroatoms. The van der Waals surface area contributed by atoms with Gasteiger partial charge in [-0.25, -0.2) is 4.98 Å². The second-order valence-electron chi connectivity index (χ2n) is 7.75. The van der Waals surface area contributed by atoms with E-state index in [0.717, 1.165) is 59.8 Å². The largest absolute Gasteiger partial charge is 0.497 e. The van der Waals surface area contributed by atoms with Crippen LogP contribution in [0, 0.1) is 0 Å². The summed E-state index contributed by atoms with van der Waals surface area (Å²) in [7, 11) is 1.65. The number of nitrogens with zero attached hydrogens (tertiary/aromatic N) is 3. The molecule has 0 unspecified atom stereocenters. The normalized spacial score (nSPS) is 14.1. The molecular weight excluding hydrogens is 418 g/mol. The molecule has 168 valence electrons. The fourth-order valence-corrected chi connectivity index (χ4v) is 3.67. The summed E-state index contributed by atoms with van der Waals surface area (Å²) in [6, 6.07) is 17.5. The Bertz CT molecular complexity index is 1230. The van der Waals surface area contributed by atoms with Crippen LogP contribution in [0.4, 0.5) is 23.1 Å². The van der Waals surface area contributed by atoms with Crippen molar-refractivity contribution in [3.05, 3.63) is 67.0 Å². The lowest BCUT2D eigenvalue weighted by Crippen LogP contribution is -2.25. The number of ether oxygens (including phenoxy) is 3. The molecule has 0 atom stereocenters. The Morgan fingerprint density at radius 1 is 0.879 bits per heavy atom. The standard InChI is InChI=1S/C25H25N5O3/c1-31-22-5-2-17-14-19(16-27-23(17)15-22)28-24-8-11-26-25(30-24)29-18-3-6-20(7-4-18)33-21-9-12-32-13-10-21/h2-8,11,14-16,21H,9-10,12-13H2,1H3,(H2,26,28,29,30). The van der Waals surface area contributed by atoms with Gasteiger partial charge in [0.15, 0.2) is 0 Å². The summed E-state index contributed by atoms with van der Waals surface area (Å²) in [4.78, 5) is 13.4. The average Bonchev–Trinajstić information content (AvgIpc) is 2.86. The van der Waals surface area contributed by atoms with Crippen molar-refractivity contribution in [1.82, 2.24) is 15.0 Å². The quantitative estimate of drug-likeness (QED) is 0.409. The fraction of sp³-hybridized carbons (Fsp3) is 0.240. The van der Waals surface area contributed by atoms with E-state index in [0.29, 0.717) is 11.8 Å². The lowest BCUT2D eigenvalue weighted by atomic mass is 10.1. The molecule has 0 aliphatic carbocycles. The first kappa shape index (κ1) is 21.0. The van der Waals surface area contributed by atoms with Crippen molar-refractivity contribution in [2.24, 2.45) is 0 Å². The van der Waals surface area contributed by atoms with Crippen LogP contribution in [-0.4, -0.2) is 41.4 Å². The van der Waals surface area contributed by atoms with Gasteiger partial charge in [0.2, 0.25) is 5.95 Å². The molecule has 2 aromatic carbocycles. The highest BCUT2D eigenvalue weighted by atomic mass is 16.5. The Labute approximate surface area is 192 Å². The molecule has 2 aromatic heterocycles. The smallest absolute Gasteiger partial charge is 0.229 e. The number of fused-ring (bicyclic) bond motifs is 1. The highest BCUT2D eigenvalue weighted by molar-refractivity contribution is 5.83. The minimum absolute atomic E-state index is 0.218. The molecule has 1 aliphatic heterocycles. The van der Waals surface area contributed by atoms with Crippen molar-refractivity contribution >= 4 is 34.0 Å². The molecule has 0 amide bonds. The first-order valence-corrected chi connectivity index (χ1v) is 10.9. The molecule has 8 nitrogen and oxygen atoms in total. The number of methoxy groups -OCH3 is 1. The number of pyridine rings is 1. The summed E-state index contributed by atoms with van der Waals surface area (Å²) in [5.41, 5.74) is 2.59. The Morgan fingerprint density at radius 2 is 1.70 bits per heavy atom. The van der Waals surface area contributed by atoms with E-state index < -0.39 is 0 Å². The number of nitrogens with one attached hydrogen (secondary N) is 2. The molecule has 1 fully saturated rings. The van der Waals surface area contributed by atoms with E-state index in [1.807, 2.05) is 54.6 Å². The minimum Gasteiger partial charge on any atom is -0.497 e. The zero-order chi connectivity index (χ0) is 22.5. The maximum Gasteiger partial charge on any atom is 0.229 e. The maximum absolute atomic E-state index is 6.03. The Morgan fingerprint density at radius 3 is 2.52 bits per heavy atom. The van der Waals surface area contributed by atoms with Crippen molar-refractivity contribution in [2.75, 3.05) is 31.0 Å². The number of hydrogen-bond donors (Lipinski definition) is 2. The second-order valence-corrected chi connectivity index (χ2v) is 7.75. The molecule has 4 aromatic rings. The monoisotopic (exact) mass is 443 g/mol. The van der Waals surface area contributed by atoms with E-state index >= 15 is 0 Å². The fourth-order valence-electron chi connectivity index (χ4n) is 3.67. The van der Waals surface area contributed by atoms with Crippen molar-refractivity contribution in [1.29, 1.82) is 0 Å². The van der Waals surface area contributed by atoms with Gasteiger partial charge in [0, 0.05) is 36.2 Å². The van der Waals surface area contributed by atoms with Gasteiger partial charge in [-0.1, -0.05) is 0 Å². The summed E-state index contributed by atoms with van der Waals surface area (Å²) >= 11 is 0. The topological polar surface area (TPSA) is 90.4 Å². The third-order valence-corrected chi connectivity index (χ3v) is 5.40. The van der Waals surface area contributed by atoms with Crippen LogP contribution < -0.4 is 20.1 Å². The van der Waals surface area contributed by atoms with Crippen LogP contribution in [0.2, 0.25) is 0 Å². The summed E-state index contributed by atoms with van der Waals surface area (Å²) in [6.45, 7) is 1.52. The van der Waals surface area contributed by atoms with Crippen LogP contribution in [0.3, 0.4) is 0 Å².